The summed E-state index contributed by atoms with van der Waals surface area (Å²) in [7, 11) is 0. The second-order valence-corrected chi connectivity index (χ2v) is 9.17. The summed E-state index contributed by atoms with van der Waals surface area (Å²) in [5.74, 6) is 0. The Morgan fingerprint density at radius 2 is 0.900 bits per heavy atom. The molecule has 5 aromatic rings. The quantitative estimate of drug-likeness (QED) is 0.225. The molecule has 30 heavy (non-hydrogen) atoms. The predicted octanol–water partition coefficient (Wildman–Crippen LogP) is 9.37. The van der Waals surface area contributed by atoms with Crippen molar-refractivity contribution in [2.75, 3.05) is 0 Å². The molecular weight excluding hydrogens is 496 g/mol. The van der Waals surface area contributed by atoms with Crippen molar-refractivity contribution in [2.24, 2.45) is 0 Å². The van der Waals surface area contributed by atoms with E-state index in [1.807, 2.05) is 0 Å². The first-order valence-electron chi connectivity index (χ1n) is 9.82. The summed E-state index contributed by atoms with van der Waals surface area (Å²) < 4.78 is 2.18. The molecule has 0 heterocycles. The molecule has 0 spiro atoms. The Morgan fingerprint density at radius 1 is 0.400 bits per heavy atom. The van der Waals surface area contributed by atoms with E-state index in [-0.39, 0.29) is 0 Å². The maximum atomic E-state index is 3.55. The van der Waals surface area contributed by atoms with E-state index in [9.17, 15) is 0 Å². The van der Waals surface area contributed by atoms with Crippen LogP contribution in [-0.2, 0) is 0 Å². The van der Waals surface area contributed by atoms with Gasteiger partial charge in [-0.05, 0) is 86.6 Å². The minimum Gasteiger partial charge on any atom is -0.0616 e. The van der Waals surface area contributed by atoms with Crippen molar-refractivity contribution >= 4 is 42.6 Å². The molecule has 5 rings (SSSR count). The van der Waals surface area contributed by atoms with Crippen molar-refractivity contribution < 1.29 is 0 Å². The Balaban J connectivity index is 1.75. The average Bonchev–Trinajstić information content (AvgIpc) is 2.79. The van der Waals surface area contributed by atoms with Gasteiger partial charge in [-0.15, -0.1) is 0 Å². The summed E-state index contributed by atoms with van der Waals surface area (Å²) in [4.78, 5) is 0. The maximum absolute atomic E-state index is 3.55. The van der Waals surface area contributed by atoms with Crippen LogP contribution in [0.25, 0.3) is 44.2 Å². The first-order valence-corrected chi connectivity index (χ1v) is 11.4. The molecule has 0 aliphatic rings. The Morgan fingerprint density at radius 3 is 1.50 bits per heavy atom. The van der Waals surface area contributed by atoms with Crippen LogP contribution in [0, 0.1) is 0 Å². The van der Waals surface area contributed by atoms with E-state index in [4.69, 9.17) is 0 Å². The van der Waals surface area contributed by atoms with Crippen molar-refractivity contribution in [1.82, 2.24) is 0 Å². The van der Waals surface area contributed by atoms with E-state index >= 15 is 0 Å². The van der Waals surface area contributed by atoms with Crippen molar-refractivity contribution in [3.63, 3.8) is 0 Å². The van der Waals surface area contributed by atoms with Crippen LogP contribution in [0.5, 0.6) is 0 Å². The Labute approximate surface area is 193 Å². The van der Waals surface area contributed by atoms with Gasteiger partial charge in [0.15, 0.2) is 0 Å². The van der Waals surface area contributed by atoms with Crippen LogP contribution in [-0.4, -0.2) is 0 Å². The van der Waals surface area contributed by atoms with Gasteiger partial charge in [-0.25, -0.2) is 0 Å². The lowest BCUT2D eigenvalue weighted by atomic mass is 9.91. The van der Waals surface area contributed by atoms with Gasteiger partial charge < -0.3 is 0 Å². The molecule has 0 saturated carbocycles. The van der Waals surface area contributed by atoms with Gasteiger partial charge in [0.25, 0.3) is 0 Å². The number of hydrogen-bond acceptors (Lipinski definition) is 0. The highest BCUT2D eigenvalue weighted by Crippen LogP contribution is 2.36. The first-order chi connectivity index (χ1) is 14.7. The fourth-order valence-electron chi connectivity index (χ4n) is 3.88. The van der Waals surface area contributed by atoms with E-state index in [1.165, 1.54) is 44.2 Å². The summed E-state index contributed by atoms with van der Waals surface area (Å²) in [6.07, 6.45) is 0. The largest absolute Gasteiger partial charge is 0.0616 e. The molecule has 0 nitrogen and oxygen atoms in total. The van der Waals surface area contributed by atoms with Gasteiger partial charge >= 0.3 is 0 Å². The molecule has 0 radical (unpaired) electrons. The number of rotatable bonds is 3. The van der Waals surface area contributed by atoms with E-state index in [0.717, 1.165) is 8.95 Å². The minimum atomic E-state index is 1.09. The molecule has 0 aromatic heterocycles. The van der Waals surface area contributed by atoms with E-state index in [2.05, 4.69) is 141 Å². The molecule has 0 fully saturated rings. The fraction of sp³-hybridized carbons (Fsp3) is 0. The summed E-state index contributed by atoms with van der Waals surface area (Å²) in [6, 6.07) is 39.0. The van der Waals surface area contributed by atoms with Gasteiger partial charge in [-0.1, -0.05) is 98.6 Å². The zero-order valence-corrected chi connectivity index (χ0v) is 19.3. The lowest BCUT2D eigenvalue weighted by Gasteiger charge is -2.13. The van der Waals surface area contributed by atoms with Crippen LogP contribution in [0.3, 0.4) is 0 Å². The second-order valence-electron chi connectivity index (χ2n) is 7.34. The summed E-state index contributed by atoms with van der Waals surface area (Å²) >= 11 is 7.10. The number of halogens is 2. The normalized spacial score (nSPS) is 11.0. The Bertz CT molecular complexity index is 1260. The predicted molar refractivity (Wildman–Crippen MR) is 136 cm³/mol. The molecule has 0 unspecified atom stereocenters. The highest BCUT2D eigenvalue weighted by molar-refractivity contribution is 9.10. The fourth-order valence-corrected chi connectivity index (χ4v) is 4.41. The van der Waals surface area contributed by atoms with E-state index in [0.29, 0.717) is 0 Å². The minimum absolute atomic E-state index is 1.09. The van der Waals surface area contributed by atoms with Crippen LogP contribution in [0.4, 0.5) is 0 Å². The SMILES string of the molecule is Brc1ccc(-c2cc(-c3ccc(Br)cc3)cc(-c3cccc4ccccc34)c2)cc1. The molecule has 0 atom stereocenters. The lowest BCUT2D eigenvalue weighted by molar-refractivity contribution is 1.56. The smallest absolute Gasteiger partial charge is 0.0175 e. The van der Waals surface area contributed by atoms with Crippen LogP contribution in [0.2, 0.25) is 0 Å². The van der Waals surface area contributed by atoms with Crippen molar-refractivity contribution in [1.29, 1.82) is 0 Å². The lowest BCUT2D eigenvalue weighted by Crippen LogP contribution is -1.87. The van der Waals surface area contributed by atoms with Crippen molar-refractivity contribution in [3.8, 4) is 33.4 Å². The van der Waals surface area contributed by atoms with E-state index < -0.39 is 0 Å². The van der Waals surface area contributed by atoms with Crippen molar-refractivity contribution in [2.45, 2.75) is 0 Å². The molecule has 2 heteroatoms. The maximum Gasteiger partial charge on any atom is 0.0175 e. The highest BCUT2D eigenvalue weighted by Gasteiger charge is 2.10. The molecule has 0 bridgehead atoms. The summed E-state index contributed by atoms with van der Waals surface area (Å²) in [5.41, 5.74) is 7.32. The molecule has 0 N–H and O–H groups in total. The first kappa shape index (κ1) is 19.3. The zero-order chi connectivity index (χ0) is 20.5. The molecule has 0 aliphatic carbocycles. The molecule has 5 aromatic carbocycles. The third kappa shape index (κ3) is 3.86. The highest BCUT2D eigenvalue weighted by atomic mass is 79.9. The van der Waals surface area contributed by atoms with Gasteiger partial charge in [-0.2, -0.15) is 0 Å². The third-order valence-electron chi connectivity index (χ3n) is 5.39. The van der Waals surface area contributed by atoms with Gasteiger partial charge in [0.05, 0.1) is 0 Å². The average molecular weight is 514 g/mol. The van der Waals surface area contributed by atoms with Crippen LogP contribution < -0.4 is 0 Å². The molecule has 144 valence electrons. The van der Waals surface area contributed by atoms with Gasteiger partial charge in [0.1, 0.15) is 0 Å². The number of benzene rings is 5. The monoisotopic (exact) mass is 512 g/mol. The van der Waals surface area contributed by atoms with E-state index in [1.54, 1.807) is 0 Å². The van der Waals surface area contributed by atoms with Crippen LogP contribution >= 0.6 is 31.9 Å². The topological polar surface area (TPSA) is 0 Å². The molecule has 0 saturated heterocycles. The summed E-state index contributed by atoms with van der Waals surface area (Å²) in [5, 5.41) is 2.53. The van der Waals surface area contributed by atoms with Gasteiger partial charge in [0, 0.05) is 8.95 Å². The second kappa shape index (κ2) is 8.22. The summed E-state index contributed by atoms with van der Waals surface area (Å²) in [6.45, 7) is 0. The van der Waals surface area contributed by atoms with Gasteiger partial charge in [-0.3, -0.25) is 0 Å². The zero-order valence-electron chi connectivity index (χ0n) is 16.1. The molecular formula is C28H18Br2. The molecule has 0 amide bonds. The standard InChI is InChI=1S/C28H18Br2/c29-25-12-8-19(9-13-25)22-16-23(20-10-14-26(30)15-11-20)18-24(17-22)28-7-3-5-21-4-1-2-6-27(21)28/h1-18H. The number of fused-ring (bicyclic) bond motifs is 1. The molecule has 0 aliphatic heterocycles. The van der Waals surface area contributed by atoms with Gasteiger partial charge in [0.2, 0.25) is 0 Å². The Hall–Kier alpha value is -2.68. The van der Waals surface area contributed by atoms with Crippen LogP contribution in [0.15, 0.2) is 118 Å². The number of hydrogen-bond donors (Lipinski definition) is 0. The van der Waals surface area contributed by atoms with Crippen molar-refractivity contribution in [3.05, 3.63) is 118 Å². The Kier molecular flexibility index (Phi) is 5.28. The third-order valence-corrected chi connectivity index (χ3v) is 6.45. The van der Waals surface area contributed by atoms with Crippen LogP contribution in [0.1, 0.15) is 0 Å².